The molecule has 1 amide bonds. The number of carbonyl (C=O) groups excluding carboxylic acids is 1. The molecule has 0 fully saturated rings. The zero-order chi connectivity index (χ0) is 17.5. The minimum absolute atomic E-state index is 0.235. The molecule has 3 rings (SSSR count). The quantitative estimate of drug-likeness (QED) is 0.503. The lowest BCUT2D eigenvalue weighted by molar-refractivity contribution is 0.0959. The number of hydrogen-bond acceptors (Lipinski definition) is 4. The molecule has 1 aromatic heterocycles. The third-order valence-corrected chi connectivity index (χ3v) is 4.61. The van der Waals surface area contributed by atoms with Gasteiger partial charge in [0.25, 0.3) is 5.91 Å². The molecule has 4 nitrogen and oxygen atoms in total. The summed E-state index contributed by atoms with van der Waals surface area (Å²) in [6.45, 7) is 0.353. The fraction of sp³-hybridized carbons (Fsp3) is 0.0526. The van der Waals surface area contributed by atoms with E-state index in [9.17, 15) is 4.79 Å². The summed E-state index contributed by atoms with van der Waals surface area (Å²) in [4.78, 5) is 12.5. The van der Waals surface area contributed by atoms with E-state index in [1.165, 1.54) is 11.3 Å². The lowest BCUT2D eigenvalue weighted by Crippen LogP contribution is -2.16. The third-order valence-electron chi connectivity index (χ3n) is 3.37. The van der Waals surface area contributed by atoms with Gasteiger partial charge in [0, 0.05) is 16.1 Å². The Balaban J connectivity index is 1.65. The first-order valence-corrected chi connectivity index (χ1v) is 8.82. The number of amides is 1. The number of rotatable bonds is 6. The van der Waals surface area contributed by atoms with Crippen LogP contribution in [0, 0.1) is 0 Å². The van der Waals surface area contributed by atoms with Crippen LogP contribution < -0.4 is 10.2 Å². The lowest BCUT2D eigenvalue weighted by atomic mass is 10.2. The molecular weight excluding hydrogens is 356 g/mol. The molecule has 0 unspecified atom stereocenters. The van der Waals surface area contributed by atoms with Crippen LogP contribution in [0.4, 0.5) is 0 Å². The molecule has 126 valence electrons. The highest BCUT2D eigenvalue weighted by atomic mass is 35.5. The van der Waals surface area contributed by atoms with Gasteiger partial charge >= 0.3 is 0 Å². The molecule has 1 N–H and O–H groups in total. The van der Waals surface area contributed by atoms with E-state index in [0.717, 1.165) is 11.1 Å². The van der Waals surface area contributed by atoms with Crippen LogP contribution in [-0.4, -0.2) is 12.1 Å². The number of thiophene rings is 1. The van der Waals surface area contributed by atoms with Gasteiger partial charge < -0.3 is 4.74 Å². The van der Waals surface area contributed by atoms with Crippen LogP contribution in [0.1, 0.15) is 20.8 Å². The van der Waals surface area contributed by atoms with E-state index in [4.69, 9.17) is 16.3 Å². The Morgan fingerprint density at radius 3 is 2.72 bits per heavy atom. The molecule has 6 heteroatoms. The number of hydrazone groups is 1. The highest BCUT2D eigenvalue weighted by molar-refractivity contribution is 7.12. The van der Waals surface area contributed by atoms with E-state index in [0.29, 0.717) is 22.3 Å². The summed E-state index contributed by atoms with van der Waals surface area (Å²) in [5.41, 5.74) is 4.18. The van der Waals surface area contributed by atoms with Crippen LogP contribution >= 0.6 is 22.9 Å². The van der Waals surface area contributed by atoms with Gasteiger partial charge in [0.15, 0.2) is 0 Å². The van der Waals surface area contributed by atoms with Gasteiger partial charge in [0.2, 0.25) is 0 Å². The molecular formula is C19H15ClN2O2S. The fourth-order valence-corrected chi connectivity index (χ4v) is 2.92. The van der Waals surface area contributed by atoms with Gasteiger partial charge in [-0.2, -0.15) is 5.10 Å². The SMILES string of the molecule is O=C(N/N=C\c1ccccc1OCc1ccccc1Cl)c1cccs1. The number of nitrogens with zero attached hydrogens (tertiary/aromatic N) is 1. The number of halogens is 1. The lowest BCUT2D eigenvalue weighted by Gasteiger charge is -2.10. The molecule has 0 spiro atoms. The second-order valence-electron chi connectivity index (χ2n) is 5.09. The molecule has 3 aromatic rings. The van der Waals surface area contributed by atoms with Gasteiger partial charge in [0.05, 0.1) is 11.1 Å². The molecule has 1 heterocycles. The number of hydrogen-bond donors (Lipinski definition) is 1. The molecule has 0 aliphatic carbocycles. The minimum atomic E-state index is -0.235. The van der Waals surface area contributed by atoms with Crippen molar-refractivity contribution in [1.82, 2.24) is 5.43 Å². The van der Waals surface area contributed by atoms with Crippen LogP contribution in [-0.2, 0) is 6.61 Å². The normalized spacial score (nSPS) is 10.8. The second-order valence-corrected chi connectivity index (χ2v) is 6.45. The Morgan fingerprint density at radius 2 is 1.92 bits per heavy atom. The smallest absolute Gasteiger partial charge is 0.281 e. The molecule has 25 heavy (non-hydrogen) atoms. The maximum Gasteiger partial charge on any atom is 0.281 e. The first-order chi connectivity index (χ1) is 12.2. The van der Waals surface area contributed by atoms with E-state index in [-0.39, 0.29) is 5.91 Å². The van der Waals surface area contributed by atoms with Crippen LogP contribution in [0.3, 0.4) is 0 Å². The van der Waals surface area contributed by atoms with Gasteiger partial charge in [-0.1, -0.05) is 48.0 Å². The number of nitrogens with one attached hydrogen (secondary N) is 1. The zero-order valence-electron chi connectivity index (χ0n) is 13.2. The highest BCUT2D eigenvalue weighted by Crippen LogP contribution is 2.21. The summed E-state index contributed by atoms with van der Waals surface area (Å²) in [5.74, 6) is 0.428. The standard InChI is InChI=1S/C19H15ClN2O2S/c20-16-8-3-1-7-15(16)13-24-17-9-4-2-6-14(17)12-21-22-19(23)18-10-5-11-25-18/h1-12H,13H2,(H,22,23)/b21-12-. The molecule has 0 radical (unpaired) electrons. The number of benzene rings is 2. The zero-order valence-corrected chi connectivity index (χ0v) is 14.8. The van der Waals surface area contributed by atoms with Gasteiger partial charge in [-0.25, -0.2) is 5.43 Å². The van der Waals surface area contributed by atoms with Crippen molar-refractivity contribution in [1.29, 1.82) is 0 Å². The van der Waals surface area contributed by atoms with Crippen molar-refractivity contribution in [2.75, 3.05) is 0 Å². The number of ether oxygens (including phenoxy) is 1. The van der Waals surface area contributed by atoms with Gasteiger partial charge in [-0.15, -0.1) is 11.3 Å². The third kappa shape index (κ3) is 4.68. The first kappa shape index (κ1) is 17.2. The maximum atomic E-state index is 11.9. The monoisotopic (exact) mass is 370 g/mol. The van der Waals surface area contributed by atoms with E-state index in [1.807, 2.05) is 60.0 Å². The molecule has 0 aliphatic rings. The Hall–Kier alpha value is -2.63. The largest absolute Gasteiger partial charge is 0.488 e. The Kier molecular flexibility index (Phi) is 5.82. The Bertz CT molecular complexity index is 879. The average molecular weight is 371 g/mol. The molecule has 0 bridgehead atoms. The second kappa shape index (κ2) is 8.46. The van der Waals surface area contributed by atoms with Gasteiger partial charge in [-0.05, 0) is 29.6 Å². The van der Waals surface area contributed by atoms with E-state index in [2.05, 4.69) is 10.5 Å². The first-order valence-electron chi connectivity index (χ1n) is 7.56. The summed E-state index contributed by atoms with van der Waals surface area (Å²) in [6, 6.07) is 18.6. The Labute approximate surface area is 154 Å². The molecule has 0 saturated heterocycles. The van der Waals surface area contributed by atoms with Crippen molar-refractivity contribution in [2.24, 2.45) is 5.10 Å². The Morgan fingerprint density at radius 1 is 1.12 bits per heavy atom. The van der Waals surface area contributed by atoms with Gasteiger partial charge in [-0.3, -0.25) is 4.79 Å². The van der Waals surface area contributed by atoms with E-state index in [1.54, 1.807) is 12.3 Å². The number of para-hydroxylation sites is 1. The van der Waals surface area contributed by atoms with Crippen molar-refractivity contribution in [3.63, 3.8) is 0 Å². The van der Waals surface area contributed by atoms with Crippen molar-refractivity contribution in [2.45, 2.75) is 6.61 Å². The van der Waals surface area contributed by atoms with E-state index < -0.39 is 0 Å². The van der Waals surface area contributed by atoms with Crippen LogP contribution in [0.5, 0.6) is 5.75 Å². The van der Waals surface area contributed by atoms with Crippen molar-refractivity contribution < 1.29 is 9.53 Å². The van der Waals surface area contributed by atoms with Crippen LogP contribution in [0.15, 0.2) is 71.1 Å². The maximum absolute atomic E-state index is 11.9. The molecule has 0 atom stereocenters. The van der Waals surface area contributed by atoms with Crippen molar-refractivity contribution >= 4 is 35.1 Å². The van der Waals surface area contributed by atoms with Crippen molar-refractivity contribution in [3.8, 4) is 5.75 Å². The van der Waals surface area contributed by atoms with Crippen LogP contribution in [0.25, 0.3) is 0 Å². The summed E-state index contributed by atoms with van der Waals surface area (Å²) in [7, 11) is 0. The topological polar surface area (TPSA) is 50.7 Å². The summed E-state index contributed by atoms with van der Waals surface area (Å²) < 4.78 is 5.85. The number of carbonyl (C=O) groups is 1. The van der Waals surface area contributed by atoms with Crippen LogP contribution in [0.2, 0.25) is 5.02 Å². The van der Waals surface area contributed by atoms with Gasteiger partial charge in [0.1, 0.15) is 12.4 Å². The predicted octanol–water partition coefficient (Wildman–Crippen LogP) is 4.74. The fourth-order valence-electron chi connectivity index (χ4n) is 2.11. The highest BCUT2D eigenvalue weighted by Gasteiger charge is 2.06. The predicted molar refractivity (Wildman–Crippen MR) is 102 cm³/mol. The summed E-state index contributed by atoms with van der Waals surface area (Å²) >= 11 is 7.51. The minimum Gasteiger partial charge on any atom is -0.488 e. The average Bonchev–Trinajstić information content (AvgIpc) is 3.17. The molecule has 2 aromatic carbocycles. The summed E-state index contributed by atoms with van der Waals surface area (Å²) in [5, 5.41) is 6.51. The van der Waals surface area contributed by atoms with E-state index >= 15 is 0 Å². The summed E-state index contributed by atoms with van der Waals surface area (Å²) in [6.07, 6.45) is 1.56. The molecule has 0 saturated carbocycles. The molecule has 0 aliphatic heterocycles. The van der Waals surface area contributed by atoms with Crippen molar-refractivity contribution in [3.05, 3.63) is 87.1 Å².